The van der Waals surface area contributed by atoms with Gasteiger partial charge in [0.1, 0.15) is 48.8 Å². The maximum absolute atomic E-state index is 15.0. The Morgan fingerprint density at radius 2 is 0.833 bits per heavy atom. The van der Waals surface area contributed by atoms with Gasteiger partial charge in [0.15, 0.2) is 18.0 Å². The summed E-state index contributed by atoms with van der Waals surface area (Å²) < 4.78 is 99.0. The lowest BCUT2D eigenvalue weighted by atomic mass is 9.95. The third-order valence-electron chi connectivity index (χ3n) is 13.6. The topological polar surface area (TPSA) is 147 Å². The standard InChI is InChI=1S/C64H68O13S/c1-3-38-69-63-60(73-43-51-33-18-8-19-34-51)56(70-40-48-27-12-5-13-28-48)55(53(75-63)45-68-39-47-25-10-4-11-26-47)76-64-61(74-44-52-35-20-9-21-36-52)58(72-42-50-31-16-7-17-32-50)57(71-41-49-29-14-6-15-30-49)59(77-64)62(65)78(66,67)54-37-23-22-24-46(54)2/h3-37,53,55-65H,1,38-45H2,2H3/t53-,55-,56+,57+,58+,59+,60-,61-,62?,63?,64-/m1/s1. The molecule has 9 rings (SSSR count). The van der Waals surface area contributed by atoms with Gasteiger partial charge in [0, 0.05) is 0 Å². The summed E-state index contributed by atoms with van der Waals surface area (Å²) in [5.74, 6) is 0. The Labute approximate surface area is 458 Å². The van der Waals surface area contributed by atoms with E-state index in [1.165, 1.54) is 6.07 Å². The van der Waals surface area contributed by atoms with E-state index < -0.39 is 76.7 Å². The van der Waals surface area contributed by atoms with Gasteiger partial charge in [-0.2, -0.15) is 0 Å². The van der Waals surface area contributed by atoms with Crippen LogP contribution in [0.4, 0.5) is 0 Å². The monoisotopic (exact) mass is 1080 g/mol. The SMILES string of the molecule is C=CCOC1O[C@H](COCc2ccccc2)[C@@H](O[C@@H]2O[C@H](C(O)S(=O)(=O)c3ccccc3C)[C@@H](OCc3ccccc3)[C@H](OCc3ccccc3)[C@H]2OCc2ccccc2)[C@H](OCc2ccccc2)[C@H]1OCc1ccccc1. The average Bonchev–Trinajstić information content (AvgIpc) is 3.63. The zero-order chi connectivity index (χ0) is 53.9. The molecule has 0 bridgehead atoms. The van der Waals surface area contributed by atoms with E-state index in [0.717, 1.165) is 33.4 Å². The predicted octanol–water partition coefficient (Wildman–Crippen LogP) is 10.3. The first-order valence-corrected chi connectivity index (χ1v) is 27.9. The van der Waals surface area contributed by atoms with E-state index in [0.29, 0.717) is 5.56 Å². The lowest BCUT2D eigenvalue weighted by Crippen LogP contribution is -2.67. The summed E-state index contributed by atoms with van der Waals surface area (Å²) in [6.07, 6.45) is -10.2. The Bertz CT molecular complexity index is 2960. The van der Waals surface area contributed by atoms with Gasteiger partial charge in [-0.1, -0.05) is 206 Å². The van der Waals surface area contributed by atoms with Gasteiger partial charge in [-0.25, -0.2) is 8.42 Å². The maximum atomic E-state index is 15.0. The molecule has 13 nitrogen and oxygen atoms in total. The molecule has 2 aliphatic heterocycles. The number of aryl methyl sites for hydroxylation is 1. The number of ether oxygens (including phenoxy) is 10. The van der Waals surface area contributed by atoms with Crippen molar-refractivity contribution in [3.63, 3.8) is 0 Å². The van der Waals surface area contributed by atoms with Crippen LogP contribution in [-0.2, 0) is 96.8 Å². The van der Waals surface area contributed by atoms with Crippen LogP contribution in [0.1, 0.15) is 38.9 Å². The van der Waals surface area contributed by atoms with Gasteiger partial charge in [-0.15, -0.1) is 6.58 Å². The Balaban J connectivity index is 1.18. The molecule has 14 heteroatoms. The van der Waals surface area contributed by atoms with Gasteiger partial charge >= 0.3 is 0 Å². The highest BCUT2D eigenvalue weighted by atomic mass is 32.2. The molecular formula is C64H68O13S. The van der Waals surface area contributed by atoms with Crippen molar-refractivity contribution in [2.45, 2.75) is 118 Å². The van der Waals surface area contributed by atoms with Crippen molar-refractivity contribution in [3.8, 4) is 0 Å². The second-order valence-electron chi connectivity index (χ2n) is 19.2. The highest BCUT2D eigenvalue weighted by Gasteiger charge is 2.57. The summed E-state index contributed by atoms with van der Waals surface area (Å²) >= 11 is 0. The van der Waals surface area contributed by atoms with Gasteiger partial charge in [0.25, 0.3) is 0 Å². The number of hydrogen-bond donors (Lipinski definition) is 1. The maximum Gasteiger partial charge on any atom is 0.207 e. The smallest absolute Gasteiger partial charge is 0.207 e. The van der Waals surface area contributed by atoms with Gasteiger partial charge in [0.05, 0.1) is 57.8 Å². The third kappa shape index (κ3) is 15.1. The Hall–Kier alpha value is -6.21. The molecule has 7 aromatic carbocycles. The molecule has 1 N–H and O–H groups in total. The molecule has 0 radical (unpaired) electrons. The van der Waals surface area contributed by atoms with Crippen molar-refractivity contribution in [1.82, 2.24) is 0 Å². The molecule has 2 aliphatic rings. The van der Waals surface area contributed by atoms with E-state index in [1.807, 2.05) is 182 Å². The minimum absolute atomic E-state index is 0.00382. The molecule has 408 valence electrons. The molecule has 0 aliphatic carbocycles. The van der Waals surface area contributed by atoms with Crippen molar-refractivity contribution in [1.29, 1.82) is 0 Å². The fraction of sp³-hybridized carbons (Fsp3) is 0.312. The van der Waals surface area contributed by atoms with Crippen molar-refractivity contribution >= 4 is 9.84 Å². The number of sulfone groups is 1. The van der Waals surface area contributed by atoms with Crippen LogP contribution in [0.15, 0.2) is 224 Å². The fourth-order valence-electron chi connectivity index (χ4n) is 9.61. The van der Waals surface area contributed by atoms with Crippen LogP contribution in [0.2, 0.25) is 0 Å². The molecule has 2 saturated heterocycles. The quantitative estimate of drug-likeness (QED) is 0.0488. The van der Waals surface area contributed by atoms with Crippen LogP contribution in [0.3, 0.4) is 0 Å². The summed E-state index contributed by atoms with van der Waals surface area (Å²) in [5, 5.41) is 12.7. The zero-order valence-electron chi connectivity index (χ0n) is 43.7. The summed E-state index contributed by atoms with van der Waals surface area (Å²) in [6.45, 7) is 6.30. The summed E-state index contributed by atoms with van der Waals surface area (Å²) in [4.78, 5) is -0.0701. The molecule has 0 saturated carbocycles. The first-order chi connectivity index (χ1) is 38.2. The molecule has 2 unspecified atom stereocenters. The van der Waals surface area contributed by atoms with Gasteiger partial charge in [0.2, 0.25) is 9.84 Å². The molecule has 11 atom stereocenters. The molecule has 78 heavy (non-hydrogen) atoms. The number of aliphatic hydroxyl groups is 1. The van der Waals surface area contributed by atoms with Gasteiger partial charge in [-0.05, 0) is 51.9 Å². The van der Waals surface area contributed by atoms with Crippen LogP contribution in [0, 0.1) is 6.92 Å². The Kier molecular flexibility index (Phi) is 20.7. The highest BCUT2D eigenvalue weighted by Crippen LogP contribution is 2.39. The van der Waals surface area contributed by atoms with Crippen molar-refractivity contribution < 1.29 is 60.9 Å². The Morgan fingerprint density at radius 3 is 1.27 bits per heavy atom. The average molecular weight is 1080 g/mol. The molecule has 0 spiro atoms. The van der Waals surface area contributed by atoms with Crippen molar-refractivity contribution in [2.75, 3.05) is 13.2 Å². The van der Waals surface area contributed by atoms with E-state index in [2.05, 4.69) is 6.58 Å². The minimum atomic E-state index is -4.58. The number of benzene rings is 7. The summed E-state index contributed by atoms with van der Waals surface area (Å²) in [7, 11) is -4.58. The predicted molar refractivity (Wildman–Crippen MR) is 294 cm³/mol. The first kappa shape index (κ1) is 56.5. The number of hydrogen-bond acceptors (Lipinski definition) is 13. The van der Waals surface area contributed by atoms with E-state index in [9.17, 15) is 13.5 Å². The molecule has 2 fully saturated rings. The van der Waals surface area contributed by atoms with Crippen LogP contribution in [0.5, 0.6) is 0 Å². The molecular weight excluding hydrogens is 1010 g/mol. The van der Waals surface area contributed by atoms with E-state index in [4.69, 9.17) is 47.4 Å². The fourth-order valence-corrected chi connectivity index (χ4v) is 11.2. The largest absolute Gasteiger partial charge is 0.375 e. The minimum Gasteiger partial charge on any atom is -0.375 e. The van der Waals surface area contributed by atoms with Crippen LogP contribution >= 0.6 is 0 Å². The molecule has 0 amide bonds. The zero-order valence-corrected chi connectivity index (χ0v) is 44.5. The number of aliphatic hydroxyl groups excluding tert-OH is 1. The summed E-state index contributed by atoms with van der Waals surface area (Å²) in [5.41, 5.74) is 3.38. The molecule has 2 heterocycles. The van der Waals surface area contributed by atoms with Crippen LogP contribution < -0.4 is 0 Å². The third-order valence-corrected chi connectivity index (χ3v) is 15.6. The van der Waals surface area contributed by atoms with Crippen molar-refractivity contribution in [3.05, 3.63) is 258 Å². The number of rotatable bonds is 27. The lowest BCUT2D eigenvalue weighted by Gasteiger charge is -2.50. The van der Waals surface area contributed by atoms with E-state index >= 15 is 0 Å². The molecule has 0 aromatic heterocycles. The second-order valence-corrected chi connectivity index (χ2v) is 21.3. The van der Waals surface area contributed by atoms with E-state index in [-0.39, 0.29) is 57.8 Å². The van der Waals surface area contributed by atoms with Crippen LogP contribution in [0.25, 0.3) is 0 Å². The van der Waals surface area contributed by atoms with Gasteiger partial charge < -0.3 is 52.5 Å². The van der Waals surface area contributed by atoms with Gasteiger partial charge in [-0.3, -0.25) is 0 Å². The van der Waals surface area contributed by atoms with Crippen LogP contribution in [-0.4, -0.2) is 93.6 Å². The highest BCUT2D eigenvalue weighted by molar-refractivity contribution is 7.92. The summed E-state index contributed by atoms with van der Waals surface area (Å²) in [6, 6.07) is 64.4. The van der Waals surface area contributed by atoms with E-state index in [1.54, 1.807) is 31.2 Å². The van der Waals surface area contributed by atoms with Crippen molar-refractivity contribution in [2.24, 2.45) is 0 Å². The second kappa shape index (κ2) is 28.6. The molecule has 7 aromatic rings. The first-order valence-electron chi connectivity index (χ1n) is 26.3. The normalized spacial score (nSPS) is 23.8. The lowest BCUT2D eigenvalue weighted by molar-refractivity contribution is -0.377. The Morgan fingerprint density at radius 1 is 0.462 bits per heavy atom.